The van der Waals surface area contributed by atoms with E-state index in [2.05, 4.69) is 11.1 Å². The van der Waals surface area contributed by atoms with Gasteiger partial charge in [0.15, 0.2) is 0 Å². The molecule has 1 fully saturated rings. The van der Waals surface area contributed by atoms with E-state index >= 15 is 0 Å². The van der Waals surface area contributed by atoms with Crippen molar-refractivity contribution in [1.82, 2.24) is 9.88 Å². The molecule has 3 rings (SSSR count). The topological polar surface area (TPSA) is 36.1 Å². The molecule has 3 nitrogen and oxygen atoms in total. The first-order valence-electron chi connectivity index (χ1n) is 7.61. The molecule has 0 saturated carbocycles. The maximum Gasteiger partial charge on any atom is 0.225 e. The van der Waals surface area contributed by atoms with Crippen molar-refractivity contribution < 1.29 is 4.79 Å². The maximum atomic E-state index is 12.0. The number of nitrogens with zero attached hydrogens (tertiary/aromatic N) is 1. The van der Waals surface area contributed by atoms with Gasteiger partial charge in [0.1, 0.15) is 0 Å². The third-order valence-corrected chi connectivity index (χ3v) is 4.58. The third-order valence-electron chi connectivity index (χ3n) is 4.34. The molecule has 4 heteroatoms. The van der Waals surface area contributed by atoms with E-state index in [-0.39, 0.29) is 11.8 Å². The molecule has 0 spiro atoms. The van der Waals surface area contributed by atoms with Gasteiger partial charge in [-0.25, -0.2) is 0 Å². The Labute approximate surface area is 130 Å². The molecule has 1 aromatic carbocycles. The van der Waals surface area contributed by atoms with Crippen LogP contribution in [-0.4, -0.2) is 28.9 Å². The van der Waals surface area contributed by atoms with Gasteiger partial charge in [0.05, 0.1) is 0 Å². The molecule has 2 heterocycles. The first-order chi connectivity index (χ1) is 10.0. The van der Waals surface area contributed by atoms with Crippen LogP contribution in [0.3, 0.4) is 0 Å². The van der Waals surface area contributed by atoms with Crippen LogP contribution < -0.4 is 0 Å². The Morgan fingerprint density at radius 3 is 2.67 bits per heavy atom. The largest absolute Gasteiger partial charge is 0.358 e. The second-order valence-electron chi connectivity index (χ2n) is 6.21. The fourth-order valence-electron chi connectivity index (χ4n) is 3.12. The van der Waals surface area contributed by atoms with Gasteiger partial charge in [0.2, 0.25) is 5.91 Å². The zero-order chi connectivity index (χ0) is 15.0. The second-order valence-corrected chi connectivity index (χ2v) is 6.65. The number of fused-ring (bicyclic) bond motifs is 1. The van der Waals surface area contributed by atoms with Gasteiger partial charge in [-0.2, -0.15) is 0 Å². The fraction of sp³-hybridized carbons (Fsp3) is 0.471. The molecule has 112 valence electrons. The molecule has 0 atom stereocenters. The summed E-state index contributed by atoms with van der Waals surface area (Å²) in [6.45, 7) is 5.65. The number of rotatable bonds is 2. The highest BCUT2D eigenvalue weighted by Gasteiger charge is 2.25. The van der Waals surface area contributed by atoms with E-state index in [1.807, 2.05) is 36.9 Å². The van der Waals surface area contributed by atoms with Crippen molar-refractivity contribution in [2.75, 3.05) is 13.1 Å². The number of benzene rings is 1. The minimum absolute atomic E-state index is 0.0942. The van der Waals surface area contributed by atoms with Gasteiger partial charge in [-0.3, -0.25) is 4.79 Å². The first-order valence-corrected chi connectivity index (χ1v) is 7.99. The smallest absolute Gasteiger partial charge is 0.225 e. The number of aromatic nitrogens is 1. The Hall–Kier alpha value is -1.48. The molecule has 1 saturated heterocycles. The molecule has 1 aliphatic heterocycles. The Balaban J connectivity index is 1.72. The van der Waals surface area contributed by atoms with E-state index in [9.17, 15) is 4.79 Å². The summed E-state index contributed by atoms with van der Waals surface area (Å²) in [6.07, 6.45) is 2.05. The summed E-state index contributed by atoms with van der Waals surface area (Å²) in [4.78, 5) is 17.5. The summed E-state index contributed by atoms with van der Waals surface area (Å²) in [5.74, 6) is 0.876. The van der Waals surface area contributed by atoms with E-state index < -0.39 is 0 Å². The number of piperidine rings is 1. The van der Waals surface area contributed by atoms with Crippen LogP contribution in [0.4, 0.5) is 0 Å². The third kappa shape index (κ3) is 2.93. The highest BCUT2D eigenvalue weighted by atomic mass is 35.5. The summed E-state index contributed by atoms with van der Waals surface area (Å²) in [5, 5.41) is 1.93. The number of likely N-dealkylation sites (tertiary alicyclic amines) is 1. The molecule has 0 radical (unpaired) electrons. The van der Waals surface area contributed by atoms with Gasteiger partial charge in [0.25, 0.3) is 0 Å². The minimum Gasteiger partial charge on any atom is -0.358 e. The standard InChI is InChI=1S/C17H21ClN2O/c1-11(2)17(21)20-7-5-12(6-8-20)16-10-13-9-14(18)3-4-15(13)19-16/h3-4,9-12,19H,5-8H2,1-2H3. The van der Waals surface area contributed by atoms with Gasteiger partial charge in [-0.1, -0.05) is 25.4 Å². The van der Waals surface area contributed by atoms with Crippen molar-refractivity contribution >= 4 is 28.4 Å². The Bertz CT molecular complexity index is 654. The number of H-pyrrole nitrogens is 1. The SMILES string of the molecule is CC(C)C(=O)N1CCC(c2cc3cc(Cl)ccc3[nH]2)CC1. The molecule has 21 heavy (non-hydrogen) atoms. The molecular weight excluding hydrogens is 284 g/mol. The van der Waals surface area contributed by atoms with Crippen molar-refractivity contribution in [3.8, 4) is 0 Å². The highest BCUT2D eigenvalue weighted by Crippen LogP contribution is 2.31. The van der Waals surface area contributed by atoms with Gasteiger partial charge in [-0.15, -0.1) is 0 Å². The molecule has 1 aromatic heterocycles. The monoisotopic (exact) mass is 304 g/mol. The van der Waals surface area contributed by atoms with Crippen molar-refractivity contribution in [2.45, 2.75) is 32.6 Å². The molecule has 1 aliphatic rings. The molecule has 2 aromatic rings. The number of aromatic amines is 1. The molecule has 0 unspecified atom stereocenters. The number of nitrogens with one attached hydrogen (secondary N) is 1. The lowest BCUT2D eigenvalue weighted by molar-refractivity contribution is -0.135. The highest BCUT2D eigenvalue weighted by molar-refractivity contribution is 6.31. The number of carbonyl (C=O) groups is 1. The molecule has 1 amide bonds. The normalized spacial score (nSPS) is 16.9. The summed E-state index contributed by atoms with van der Waals surface area (Å²) in [5.41, 5.74) is 2.40. The summed E-state index contributed by atoms with van der Waals surface area (Å²) in [7, 11) is 0. The summed E-state index contributed by atoms with van der Waals surface area (Å²) < 4.78 is 0. The lowest BCUT2D eigenvalue weighted by Gasteiger charge is -2.32. The average Bonchev–Trinajstić information content (AvgIpc) is 2.89. The number of hydrogen-bond acceptors (Lipinski definition) is 1. The van der Waals surface area contributed by atoms with Gasteiger partial charge < -0.3 is 9.88 Å². The molecule has 0 bridgehead atoms. The number of hydrogen-bond donors (Lipinski definition) is 1. The Morgan fingerprint density at radius 2 is 2.00 bits per heavy atom. The zero-order valence-corrected chi connectivity index (χ0v) is 13.3. The lowest BCUT2D eigenvalue weighted by atomic mass is 9.93. The van der Waals surface area contributed by atoms with E-state index in [4.69, 9.17) is 11.6 Å². The Kier molecular flexibility index (Phi) is 3.94. The number of carbonyl (C=O) groups excluding carboxylic acids is 1. The number of amides is 1. The lowest BCUT2D eigenvalue weighted by Crippen LogP contribution is -2.40. The molecular formula is C17H21ClN2O. The quantitative estimate of drug-likeness (QED) is 0.887. The number of halogens is 1. The van der Waals surface area contributed by atoms with Crippen molar-refractivity contribution in [1.29, 1.82) is 0 Å². The van der Waals surface area contributed by atoms with Crippen LogP contribution in [0.15, 0.2) is 24.3 Å². The van der Waals surface area contributed by atoms with Crippen molar-refractivity contribution in [3.05, 3.63) is 35.0 Å². The van der Waals surface area contributed by atoms with E-state index in [0.29, 0.717) is 5.92 Å². The molecule has 0 aliphatic carbocycles. The predicted molar refractivity (Wildman–Crippen MR) is 86.7 cm³/mol. The van der Waals surface area contributed by atoms with Crippen LogP contribution in [0.25, 0.3) is 10.9 Å². The van der Waals surface area contributed by atoms with Crippen LogP contribution in [0.5, 0.6) is 0 Å². The maximum absolute atomic E-state index is 12.0. The first kappa shape index (κ1) is 14.5. The van der Waals surface area contributed by atoms with E-state index in [1.165, 1.54) is 5.69 Å². The van der Waals surface area contributed by atoms with Crippen LogP contribution in [0.1, 0.15) is 38.3 Å². The van der Waals surface area contributed by atoms with Crippen LogP contribution in [-0.2, 0) is 4.79 Å². The van der Waals surface area contributed by atoms with Gasteiger partial charge in [-0.05, 0) is 37.1 Å². The molecule has 1 N–H and O–H groups in total. The summed E-state index contributed by atoms with van der Waals surface area (Å²) >= 11 is 6.04. The average molecular weight is 305 g/mol. The van der Waals surface area contributed by atoms with Crippen LogP contribution in [0.2, 0.25) is 5.02 Å². The second kappa shape index (κ2) is 5.72. The van der Waals surface area contributed by atoms with Crippen molar-refractivity contribution in [3.63, 3.8) is 0 Å². The van der Waals surface area contributed by atoms with Gasteiger partial charge in [0, 0.05) is 46.5 Å². The van der Waals surface area contributed by atoms with E-state index in [0.717, 1.165) is 41.9 Å². The van der Waals surface area contributed by atoms with Crippen molar-refractivity contribution in [2.24, 2.45) is 5.92 Å². The van der Waals surface area contributed by atoms with E-state index in [1.54, 1.807) is 0 Å². The van der Waals surface area contributed by atoms with Crippen LogP contribution >= 0.6 is 11.6 Å². The van der Waals surface area contributed by atoms with Crippen LogP contribution in [0, 0.1) is 5.92 Å². The van der Waals surface area contributed by atoms with Gasteiger partial charge >= 0.3 is 0 Å². The predicted octanol–water partition coefficient (Wildman–Crippen LogP) is 4.18. The zero-order valence-electron chi connectivity index (χ0n) is 12.5. The summed E-state index contributed by atoms with van der Waals surface area (Å²) in [6, 6.07) is 8.13. The minimum atomic E-state index is 0.0942. The fourth-order valence-corrected chi connectivity index (χ4v) is 3.30. The Morgan fingerprint density at radius 1 is 1.29 bits per heavy atom.